The molecule has 1 saturated heterocycles. The maximum atomic E-state index is 13.6. The van der Waals surface area contributed by atoms with Gasteiger partial charge in [0.2, 0.25) is 5.91 Å². The van der Waals surface area contributed by atoms with E-state index in [1.54, 1.807) is 0 Å². The number of rotatable bonds is 5. The number of halogens is 3. The normalized spacial score (nSPS) is 19.1. The van der Waals surface area contributed by atoms with Gasteiger partial charge in [0.05, 0.1) is 13.2 Å². The first-order chi connectivity index (χ1) is 10.1. The zero-order valence-electron chi connectivity index (χ0n) is 11.9. The number of amides is 1. The fourth-order valence-corrected chi connectivity index (χ4v) is 2.48. The van der Waals surface area contributed by atoms with Gasteiger partial charge in [-0.2, -0.15) is 0 Å². The van der Waals surface area contributed by atoms with Gasteiger partial charge in [0.25, 0.3) is 0 Å². The van der Waals surface area contributed by atoms with Crippen LogP contribution in [0.5, 0.6) is 0 Å². The van der Waals surface area contributed by atoms with Crippen LogP contribution in [0.25, 0.3) is 0 Å². The lowest BCUT2D eigenvalue weighted by molar-refractivity contribution is -0.122. The maximum Gasteiger partial charge on any atom is 0.221 e. The van der Waals surface area contributed by atoms with E-state index in [2.05, 4.69) is 10.6 Å². The second kappa shape index (κ2) is 9.27. The Bertz CT molecular complexity index is 479. The summed E-state index contributed by atoms with van der Waals surface area (Å²) in [6.45, 7) is 1.75. The smallest absolute Gasteiger partial charge is 0.221 e. The molecule has 22 heavy (non-hydrogen) atoms. The van der Waals surface area contributed by atoms with E-state index in [0.29, 0.717) is 19.8 Å². The summed E-state index contributed by atoms with van der Waals surface area (Å²) in [4.78, 5) is 11.8. The molecule has 1 aliphatic rings. The highest BCUT2D eigenvalue weighted by atomic mass is 35.5. The lowest BCUT2D eigenvalue weighted by Gasteiger charge is -2.23. The first-order valence-corrected chi connectivity index (χ1v) is 7.15. The molecule has 0 radical (unpaired) electrons. The van der Waals surface area contributed by atoms with Crippen LogP contribution in [-0.4, -0.2) is 43.4 Å². The maximum absolute atomic E-state index is 13.6. The molecule has 1 aliphatic heterocycles. The van der Waals surface area contributed by atoms with Crippen molar-refractivity contribution in [3.05, 3.63) is 34.6 Å². The number of carbonyl (C=O) groups is 1. The van der Waals surface area contributed by atoms with Crippen LogP contribution < -0.4 is 10.6 Å². The molecular formula is C14H19Cl2FN2O3. The van der Waals surface area contributed by atoms with Crippen LogP contribution in [0.4, 0.5) is 4.39 Å². The van der Waals surface area contributed by atoms with Gasteiger partial charge in [-0.1, -0.05) is 17.7 Å². The summed E-state index contributed by atoms with van der Waals surface area (Å²) in [5.74, 6) is -0.823. The number of nitrogens with one attached hydrogen (secondary N) is 2. The Labute approximate surface area is 139 Å². The van der Waals surface area contributed by atoms with Crippen molar-refractivity contribution in [2.24, 2.45) is 0 Å². The molecule has 2 rings (SSSR count). The number of hydrogen-bond donors (Lipinski definition) is 3. The van der Waals surface area contributed by atoms with Gasteiger partial charge < -0.3 is 20.5 Å². The highest BCUT2D eigenvalue weighted by Crippen LogP contribution is 2.25. The molecule has 0 aliphatic carbocycles. The summed E-state index contributed by atoms with van der Waals surface area (Å²) in [5.41, 5.74) is -0.00130. The van der Waals surface area contributed by atoms with E-state index in [0.717, 1.165) is 0 Å². The molecule has 8 heteroatoms. The highest BCUT2D eigenvalue weighted by molar-refractivity contribution is 6.31. The number of hydrogen-bond acceptors (Lipinski definition) is 4. The first-order valence-electron chi connectivity index (χ1n) is 6.77. The van der Waals surface area contributed by atoms with E-state index < -0.39 is 11.9 Å². The Morgan fingerprint density at radius 1 is 1.59 bits per heavy atom. The monoisotopic (exact) mass is 352 g/mol. The molecule has 2 atom stereocenters. The molecule has 5 nitrogen and oxygen atoms in total. The zero-order chi connectivity index (χ0) is 15.2. The van der Waals surface area contributed by atoms with E-state index in [1.807, 2.05) is 0 Å². The predicted molar refractivity (Wildman–Crippen MR) is 83.9 cm³/mol. The second-order valence-corrected chi connectivity index (χ2v) is 5.29. The number of aliphatic hydroxyl groups is 1. The molecule has 0 bridgehead atoms. The quantitative estimate of drug-likeness (QED) is 0.749. The number of morpholine rings is 1. The van der Waals surface area contributed by atoms with E-state index in [-0.39, 0.29) is 47.9 Å². The molecule has 124 valence electrons. The zero-order valence-corrected chi connectivity index (χ0v) is 13.4. The Balaban J connectivity index is 0.00000242. The fraction of sp³-hybridized carbons (Fsp3) is 0.500. The number of ether oxygens (including phenoxy) is 1. The van der Waals surface area contributed by atoms with Crippen LogP contribution in [0.1, 0.15) is 18.1 Å². The summed E-state index contributed by atoms with van der Waals surface area (Å²) in [5, 5.41) is 15.8. The van der Waals surface area contributed by atoms with Crippen molar-refractivity contribution >= 4 is 29.9 Å². The Hall–Kier alpha value is -0.920. The van der Waals surface area contributed by atoms with Crippen LogP contribution in [0.3, 0.4) is 0 Å². The van der Waals surface area contributed by atoms with Crippen LogP contribution in [0.2, 0.25) is 5.02 Å². The van der Waals surface area contributed by atoms with E-state index in [4.69, 9.17) is 16.3 Å². The van der Waals surface area contributed by atoms with Crippen molar-refractivity contribution in [1.29, 1.82) is 0 Å². The van der Waals surface area contributed by atoms with Gasteiger partial charge in [-0.05, 0) is 12.1 Å². The number of aliphatic hydroxyl groups excluding tert-OH is 1. The van der Waals surface area contributed by atoms with Crippen LogP contribution in [0.15, 0.2) is 18.2 Å². The van der Waals surface area contributed by atoms with Gasteiger partial charge >= 0.3 is 0 Å². The first kappa shape index (κ1) is 19.1. The Morgan fingerprint density at radius 3 is 3.00 bits per heavy atom. The standard InChI is InChI=1S/C14H18ClFN2O3.ClH/c15-10-2-1-3-11(16)14(10)12(19)7-18-13(20)6-9-8-21-5-4-17-9;/h1-3,9,12,17,19H,4-8H2,(H,18,20);1H. The second-order valence-electron chi connectivity index (χ2n) is 4.89. The third-order valence-corrected chi connectivity index (χ3v) is 3.59. The Morgan fingerprint density at radius 2 is 2.36 bits per heavy atom. The van der Waals surface area contributed by atoms with Crippen molar-refractivity contribution in [3.8, 4) is 0 Å². The van der Waals surface area contributed by atoms with Crippen molar-refractivity contribution in [2.45, 2.75) is 18.6 Å². The molecule has 0 aromatic heterocycles. The largest absolute Gasteiger partial charge is 0.386 e. The minimum absolute atomic E-state index is 0. The summed E-state index contributed by atoms with van der Waals surface area (Å²) >= 11 is 5.86. The average Bonchev–Trinajstić information content (AvgIpc) is 2.46. The summed E-state index contributed by atoms with van der Waals surface area (Å²) in [6, 6.07) is 4.14. The third kappa shape index (κ3) is 5.37. The van der Waals surface area contributed by atoms with Gasteiger partial charge in [0.15, 0.2) is 0 Å². The fourth-order valence-electron chi connectivity index (χ4n) is 2.19. The SMILES string of the molecule is Cl.O=C(CC1COCCN1)NCC(O)c1c(F)cccc1Cl. The summed E-state index contributed by atoms with van der Waals surface area (Å²) < 4.78 is 18.9. The van der Waals surface area contributed by atoms with Gasteiger partial charge in [0.1, 0.15) is 11.9 Å². The molecule has 0 spiro atoms. The van der Waals surface area contributed by atoms with Gasteiger partial charge in [-0.25, -0.2) is 4.39 Å². The van der Waals surface area contributed by atoms with Crippen LogP contribution in [0, 0.1) is 5.82 Å². The van der Waals surface area contributed by atoms with Crippen molar-refractivity contribution in [1.82, 2.24) is 10.6 Å². The number of benzene rings is 1. The average molecular weight is 353 g/mol. The third-order valence-electron chi connectivity index (χ3n) is 3.26. The molecule has 1 aromatic rings. The predicted octanol–water partition coefficient (Wildman–Crippen LogP) is 1.43. The van der Waals surface area contributed by atoms with E-state index in [1.165, 1.54) is 18.2 Å². The molecule has 1 amide bonds. The lowest BCUT2D eigenvalue weighted by atomic mass is 10.1. The van der Waals surface area contributed by atoms with Crippen molar-refractivity contribution < 1.29 is 19.0 Å². The van der Waals surface area contributed by atoms with Crippen molar-refractivity contribution in [2.75, 3.05) is 26.3 Å². The molecule has 3 N–H and O–H groups in total. The van der Waals surface area contributed by atoms with Crippen molar-refractivity contribution in [3.63, 3.8) is 0 Å². The minimum atomic E-state index is -1.18. The summed E-state index contributed by atoms with van der Waals surface area (Å²) in [6.07, 6.45) is -0.934. The van der Waals surface area contributed by atoms with E-state index in [9.17, 15) is 14.3 Å². The molecule has 1 aromatic carbocycles. The van der Waals surface area contributed by atoms with Crippen LogP contribution in [-0.2, 0) is 9.53 Å². The minimum Gasteiger partial charge on any atom is -0.386 e. The van der Waals surface area contributed by atoms with Gasteiger partial charge in [-0.3, -0.25) is 4.79 Å². The molecule has 0 saturated carbocycles. The molecule has 2 unspecified atom stereocenters. The van der Waals surface area contributed by atoms with E-state index >= 15 is 0 Å². The lowest BCUT2D eigenvalue weighted by Crippen LogP contribution is -2.44. The molecular weight excluding hydrogens is 334 g/mol. The molecule has 1 heterocycles. The summed E-state index contributed by atoms with van der Waals surface area (Å²) in [7, 11) is 0. The topological polar surface area (TPSA) is 70.6 Å². The van der Waals surface area contributed by atoms with Gasteiger partial charge in [-0.15, -0.1) is 12.4 Å². The Kier molecular flexibility index (Phi) is 8.06. The van der Waals surface area contributed by atoms with Gasteiger partial charge in [0, 0.05) is 36.1 Å². The van der Waals surface area contributed by atoms with Crippen LogP contribution >= 0.6 is 24.0 Å². The number of carbonyl (C=O) groups excluding carboxylic acids is 1. The molecule has 1 fully saturated rings. The highest BCUT2D eigenvalue weighted by Gasteiger charge is 2.20.